The molecule has 1 rings (SSSR count). The molecule has 0 saturated heterocycles. The highest BCUT2D eigenvalue weighted by molar-refractivity contribution is 8.14. The fraction of sp³-hybridized carbons (Fsp3) is 0.471. The van der Waals surface area contributed by atoms with Gasteiger partial charge in [0.1, 0.15) is 13.2 Å². The first-order valence-corrected chi connectivity index (χ1v) is 8.38. The lowest BCUT2D eigenvalue weighted by Gasteiger charge is -2.26. The molecule has 7 heteroatoms. The summed E-state index contributed by atoms with van der Waals surface area (Å²) in [7, 11) is 2.70. The number of hydrogen-bond donors (Lipinski definition) is 0. The zero-order chi connectivity index (χ0) is 18.3. The molecule has 0 aliphatic rings. The van der Waals surface area contributed by atoms with Crippen molar-refractivity contribution in [1.82, 2.24) is 0 Å². The number of esters is 1. The van der Waals surface area contributed by atoms with E-state index in [1.807, 2.05) is 32.9 Å². The number of rotatable bonds is 7. The molecule has 24 heavy (non-hydrogen) atoms. The summed E-state index contributed by atoms with van der Waals surface area (Å²) in [5.41, 5.74) is 3.50. The average Bonchev–Trinajstić information content (AvgIpc) is 2.55. The van der Waals surface area contributed by atoms with Crippen LogP contribution in [0.5, 0.6) is 0 Å². The zero-order valence-electron chi connectivity index (χ0n) is 14.7. The molecule has 0 fully saturated rings. The molecular weight excluding hydrogens is 330 g/mol. The number of carbonyl (C=O) groups is 3. The maximum Gasteiger partial charge on any atom is 0.325 e. The van der Waals surface area contributed by atoms with Crippen molar-refractivity contribution in [2.45, 2.75) is 20.8 Å². The van der Waals surface area contributed by atoms with Crippen LogP contribution in [0.3, 0.4) is 0 Å². The normalized spacial score (nSPS) is 10.4. The monoisotopic (exact) mass is 353 g/mol. The predicted molar refractivity (Wildman–Crippen MR) is 94.4 cm³/mol. The SMILES string of the molecule is COCC(=O)SCC(=O)N(CC(=O)OC)c1c(C)ccc(C)c1C. The van der Waals surface area contributed by atoms with Gasteiger partial charge in [0.2, 0.25) is 11.0 Å². The largest absolute Gasteiger partial charge is 0.468 e. The molecule has 0 radical (unpaired) electrons. The van der Waals surface area contributed by atoms with Gasteiger partial charge < -0.3 is 9.47 Å². The van der Waals surface area contributed by atoms with Crippen LogP contribution in [0.1, 0.15) is 16.7 Å². The fourth-order valence-corrected chi connectivity index (χ4v) is 2.86. The van der Waals surface area contributed by atoms with Gasteiger partial charge >= 0.3 is 5.97 Å². The van der Waals surface area contributed by atoms with Crippen LogP contribution in [-0.2, 0) is 23.9 Å². The van der Waals surface area contributed by atoms with Crippen molar-refractivity contribution in [2.75, 3.05) is 38.0 Å². The van der Waals surface area contributed by atoms with E-state index in [2.05, 4.69) is 0 Å². The highest BCUT2D eigenvalue weighted by Crippen LogP contribution is 2.28. The number of aryl methyl sites for hydroxylation is 2. The van der Waals surface area contributed by atoms with Gasteiger partial charge in [0, 0.05) is 7.11 Å². The number of benzene rings is 1. The molecular formula is C17H23NO5S. The molecule has 0 spiro atoms. The molecule has 0 N–H and O–H groups in total. The minimum atomic E-state index is -0.517. The predicted octanol–water partition coefficient (Wildman–Crippen LogP) is 2.02. The molecule has 0 unspecified atom stereocenters. The van der Waals surface area contributed by atoms with Crippen LogP contribution in [-0.4, -0.2) is 50.1 Å². The van der Waals surface area contributed by atoms with Crippen molar-refractivity contribution in [1.29, 1.82) is 0 Å². The molecule has 0 bridgehead atoms. The second-order valence-electron chi connectivity index (χ2n) is 5.32. The summed E-state index contributed by atoms with van der Waals surface area (Å²) in [6, 6.07) is 3.87. The molecule has 0 atom stereocenters. The van der Waals surface area contributed by atoms with Crippen LogP contribution in [0.25, 0.3) is 0 Å². The van der Waals surface area contributed by atoms with Gasteiger partial charge in [-0.3, -0.25) is 19.3 Å². The van der Waals surface area contributed by atoms with Crippen molar-refractivity contribution in [2.24, 2.45) is 0 Å². The molecule has 1 aromatic rings. The quantitative estimate of drug-likeness (QED) is 0.699. The van der Waals surface area contributed by atoms with Crippen molar-refractivity contribution in [3.05, 3.63) is 28.8 Å². The Morgan fingerprint density at radius 1 is 1.08 bits per heavy atom. The smallest absolute Gasteiger partial charge is 0.325 e. The second-order valence-corrected chi connectivity index (χ2v) is 6.36. The van der Waals surface area contributed by atoms with Crippen LogP contribution in [0, 0.1) is 20.8 Å². The van der Waals surface area contributed by atoms with E-state index in [1.165, 1.54) is 19.1 Å². The first-order chi connectivity index (χ1) is 11.3. The maximum atomic E-state index is 12.6. The highest BCUT2D eigenvalue weighted by Gasteiger charge is 2.24. The van der Waals surface area contributed by atoms with Gasteiger partial charge in [0.05, 0.1) is 18.6 Å². The molecule has 0 aliphatic carbocycles. The van der Waals surface area contributed by atoms with E-state index in [0.29, 0.717) is 5.69 Å². The fourth-order valence-electron chi connectivity index (χ4n) is 2.22. The van der Waals surface area contributed by atoms with E-state index in [-0.39, 0.29) is 29.9 Å². The Morgan fingerprint density at radius 3 is 2.29 bits per heavy atom. The van der Waals surface area contributed by atoms with Crippen LogP contribution >= 0.6 is 11.8 Å². The standard InChI is InChI=1S/C17H23NO5S/c1-11-6-7-12(2)17(13(11)3)18(8-15(20)23-5)14(19)10-24-16(21)9-22-4/h6-7H,8-10H2,1-5H3. The Labute approximate surface area is 146 Å². The summed E-state index contributed by atoms with van der Waals surface area (Å²) in [6.45, 7) is 5.47. The summed E-state index contributed by atoms with van der Waals surface area (Å²) in [5, 5.41) is -0.235. The Kier molecular flexibility index (Phi) is 7.94. The summed E-state index contributed by atoms with van der Waals surface area (Å²) in [6.07, 6.45) is 0. The number of amides is 1. The van der Waals surface area contributed by atoms with Crippen molar-refractivity contribution < 1.29 is 23.9 Å². The van der Waals surface area contributed by atoms with Gasteiger partial charge in [-0.2, -0.15) is 0 Å². The molecule has 6 nitrogen and oxygen atoms in total. The first-order valence-electron chi connectivity index (χ1n) is 7.40. The van der Waals surface area contributed by atoms with E-state index in [4.69, 9.17) is 9.47 Å². The van der Waals surface area contributed by atoms with Gasteiger partial charge in [-0.1, -0.05) is 23.9 Å². The third-order valence-electron chi connectivity index (χ3n) is 3.61. The van der Waals surface area contributed by atoms with Gasteiger partial charge in [-0.15, -0.1) is 0 Å². The molecule has 0 saturated carbocycles. The average molecular weight is 353 g/mol. The van der Waals surface area contributed by atoms with Crippen molar-refractivity contribution in [3.63, 3.8) is 0 Å². The maximum absolute atomic E-state index is 12.6. The van der Waals surface area contributed by atoms with Crippen LogP contribution in [0.4, 0.5) is 5.69 Å². The first kappa shape index (κ1) is 20.2. The molecule has 0 aromatic heterocycles. The summed E-state index contributed by atoms with van der Waals surface area (Å²) >= 11 is 0.875. The third-order valence-corrected chi connectivity index (χ3v) is 4.44. The van der Waals surface area contributed by atoms with Gasteiger partial charge in [0.15, 0.2) is 0 Å². The lowest BCUT2D eigenvalue weighted by molar-refractivity contribution is -0.139. The van der Waals surface area contributed by atoms with Crippen LogP contribution in [0.2, 0.25) is 0 Å². The Morgan fingerprint density at radius 2 is 1.71 bits per heavy atom. The van der Waals surface area contributed by atoms with E-state index < -0.39 is 5.97 Å². The number of carbonyl (C=O) groups excluding carboxylic acids is 3. The van der Waals surface area contributed by atoms with E-state index in [9.17, 15) is 14.4 Å². The van der Waals surface area contributed by atoms with Gasteiger partial charge in [-0.05, 0) is 37.5 Å². The van der Waals surface area contributed by atoms with Gasteiger partial charge in [0.25, 0.3) is 0 Å². The minimum absolute atomic E-state index is 0.0581. The number of methoxy groups -OCH3 is 2. The zero-order valence-corrected chi connectivity index (χ0v) is 15.5. The topological polar surface area (TPSA) is 72.9 Å². The Hall–Kier alpha value is -1.86. The molecule has 132 valence electrons. The van der Waals surface area contributed by atoms with Crippen molar-refractivity contribution >= 4 is 34.4 Å². The lowest BCUT2D eigenvalue weighted by Crippen LogP contribution is -2.38. The van der Waals surface area contributed by atoms with E-state index in [1.54, 1.807) is 0 Å². The summed E-state index contributed by atoms with van der Waals surface area (Å²) < 4.78 is 9.45. The van der Waals surface area contributed by atoms with Crippen molar-refractivity contribution in [3.8, 4) is 0 Å². The molecule has 0 heterocycles. The number of nitrogens with zero attached hydrogens (tertiary/aromatic N) is 1. The lowest BCUT2D eigenvalue weighted by atomic mass is 10.0. The highest BCUT2D eigenvalue weighted by atomic mass is 32.2. The van der Waals surface area contributed by atoms with Gasteiger partial charge in [-0.25, -0.2) is 0 Å². The number of anilines is 1. The van der Waals surface area contributed by atoms with E-state index in [0.717, 1.165) is 28.5 Å². The van der Waals surface area contributed by atoms with Crippen LogP contribution in [0.15, 0.2) is 12.1 Å². The Balaban J connectivity index is 3.09. The van der Waals surface area contributed by atoms with E-state index >= 15 is 0 Å². The minimum Gasteiger partial charge on any atom is -0.468 e. The summed E-state index contributed by atoms with van der Waals surface area (Å²) in [4.78, 5) is 37.3. The van der Waals surface area contributed by atoms with Crippen LogP contribution < -0.4 is 4.90 Å². The summed E-state index contributed by atoms with van der Waals surface area (Å²) in [5.74, 6) is -0.907. The molecule has 0 aliphatic heterocycles. The number of ether oxygens (including phenoxy) is 2. The third kappa shape index (κ3) is 5.35. The molecule has 1 amide bonds. The second kappa shape index (κ2) is 9.44. The number of thioether (sulfide) groups is 1. The number of hydrogen-bond acceptors (Lipinski definition) is 6. The molecule has 1 aromatic carbocycles. The Bertz CT molecular complexity index is 630.